The molecule has 0 aliphatic carbocycles. The SMILES string of the molecule is Cc1cc(N)c([N+](=O)[O-])cc1S(=O)(=O)N(C)CC(C)O. The van der Waals surface area contributed by atoms with E-state index in [-0.39, 0.29) is 17.1 Å². The molecule has 9 heteroatoms. The molecule has 1 aromatic rings. The zero-order valence-electron chi connectivity index (χ0n) is 11.4. The topological polar surface area (TPSA) is 127 Å². The predicted octanol–water partition coefficient (Wildman–Crippen LogP) is 0.487. The van der Waals surface area contributed by atoms with Crippen LogP contribution in [0.5, 0.6) is 0 Å². The molecule has 0 saturated carbocycles. The minimum Gasteiger partial charge on any atom is -0.393 e. The fraction of sp³-hybridized carbons (Fsp3) is 0.455. The fourth-order valence-electron chi connectivity index (χ4n) is 1.77. The van der Waals surface area contributed by atoms with E-state index in [1.807, 2.05) is 0 Å². The van der Waals surface area contributed by atoms with Crippen molar-refractivity contribution < 1.29 is 18.4 Å². The van der Waals surface area contributed by atoms with Crippen LogP contribution in [-0.4, -0.2) is 42.4 Å². The number of nitrogen functional groups attached to an aromatic ring is 1. The van der Waals surface area contributed by atoms with Crippen molar-refractivity contribution in [2.75, 3.05) is 19.3 Å². The third-order valence-electron chi connectivity index (χ3n) is 2.73. The van der Waals surface area contributed by atoms with E-state index in [1.54, 1.807) is 0 Å². The number of hydrogen-bond donors (Lipinski definition) is 2. The van der Waals surface area contributed by atoms with Crippen LogP contribution < -0.4 is 5.73 Å². The maximum absolute atomic E-state index is 12.3. The van der Waals surface area contributed by atoms with Crippen LogP contribution in [0.3, 0.4) is 0 Å². The van der Waals surface area contributed by atoms with Gasteiger partial charge in [0.2, 0.25) is 10.0 Å². The average Bonchev–Trinajstić information content (AvgIpc) is 2.26. The number of anilines is 1. The molecule has 3 N–H and O–H groups in total. The smallest absolute Gasteiger partial charge is 0.293 e. The zero-order valence-corrected chi connectivity index (χ0v) is 12.2. The third-order valence-corrected chi connectivity index (χ3v) is 4.70. The zero-order chi connectivity index (χ0) is 15.7. The first-order chi connectivity index (χ1) is 9.07. The van der Waals surface area contributed by atoms with E-state index in [1.165, 1.54) is 27.0 Å². The van der Waals surface area contributed by atoms with Gasteiger partial charge in [0.25, 0.3) is 5.69 Å². The lowest BCUT2D eigenvalue weighted by Crippen LogP contribution is -2.33. The van der Waals surface area contributed by atoms with Crippen LogP contribution in [0.25, 0.3) is 0 Å². The van der Waals surface area contributed by atoms with Gasteiger partial charge in [0.1, 0.15) is 5.69 Å². The molecular formula is C11H17N3O5S. The van der Waals surface area contributed by atoms with Crippen LogP contribution in [0.15, 0.2) is 17.0 Å². The summed E-state index contributed by atoms with van der Waals surface area (Å²) in [4.78, 5) is 9.91. The summed E-state index contributed by atoms with van der Waals surface area (Å²) in [7, 11) is -2.63. The molecule has 0 bridgehead atoms. The van der Waals surface area contributed by atoms with E-state index in [9.17, 15) is 23.6 Å². The molecule has 0 saturated heterocycles. The second kappa shape index (κ2) is 5.73. The number of aryl methyl sites for hydroxylation is 1. The highest BCUT2D eigenvalue weighted by atomic mass is 32.2. The number of nitro benzene ring substituents is 1. The quantitative estimate of drug-likeness (QED) is 0.463. The van der Waals surface area contributed by atoms with Gasteiger partial charge in [-0.25, -0.2) is 8.42 Å². The largest absolute Gasteiger partial charge is 0.393 e. The summed E-state index contributed by atoms with van der Waals surface area (Å²) in [6.45, 7) is 2.84. The van der Waals surface area contributed by atoms with Crippen LogP contribution in [0, 0.1) is 17.0 Å². The molecule has 0 aliphatic heterocycles. The Morgan fingerprint density at radius 2 is 2.05 bits per heavy atom. The lowest BCUT2D eigenvalue weighted by atomic mass is 10.2. The monoisotopic (exact) mass is 303 g/mol. The number of nitrogens with two attached hydrogens (primary N) is 1. The summed E-state index contributed by atoms with van der Waals surface area (Å²) < 4.78 is 25.6. The van der Waals surface area contributed by atoms with Crippen molar-refractivity contribution in [1.82, 2.24) is 4.31 Å². The van der Waals surface area contributed by atoms with E-state index in [2.05, 4.69) is 0 Å². The molecule has 1 aromatic carbocycles. The van der Waals surface area contributed by atoms with E-state index in [0.717, 1.165) is 10.4 Å². The molecule has 0 amide bonds. The first-order valence-electron chi connectivity index (χ1n) is 5.76. The molecule has 1 rings (SSSR count). The van der Waals surface area contributed by atoms with Crippen molar-refractivity contribution in [2.45, 2.75) is 24.8 Å². The van der Waals surface area contributed by atoms with Gasteiger partial charge in [0, 0.05) is 19.7 Å². The van der Waals surface area contributed by atoms with Gasteiger partial charge < -0.3 is 10.8 Å². The minimum absolute atomic E-state index is 0.0929. The molecule has 0 aliphatic rings. The number of likely N-dealkylation sites (N-methyl/N-ethyl adjacent to an activating group) is 1. The molecule has 1 unspecified atom stereocenters. The standard InChI is InChI=1S/C11H17N3O5S/c1-7-4-9(12)10(14(16)17)5-11(7)20(18,19)13(3)6-8(2)15/h4-5,8,15H,6,12H2,1-3H3. The maximum atomic E-state index is 12.3. The van der Waals surface area contributed by atoms with Gasteiger partial charge in [0.15, 0.2) is 0 Å². The van der Waals surface area contributed by atoms with E-state index < -0.39 is 26.7 Å². The number of benzene rings is 1. The van der Waals surface area contributed by atoms with Gasteiger partial charge in [-0.3, -0.25) is 10.1 Å². The van der Waals surface area contributed by atoms with E-state index >= 15 is 0 Å². The number of rotatable bonds is 5. The van der Waals surface area contributed by atoms with Crippen LogP contribution in [0.4, 0.5) is 11.4 Å². The van der Waals surface area contributed by atoms with Crippen LogP contribution in [-0.2, 0) is 10.0 Å². The highest BCUT2D eigenvalue weighted by Gasteiger charge is 2.27. The Balaban J connectivity index is 3.38. The number of aliphatic hydroxyl groups is 1. The Bertz CT molecular complexity index is 627. The van der Waals surface area contributed by atoms with Crippen molar-refractivity contribution in [1.29, 1.82) is 0 Å². The Morgan fingerprint density at radius 1 is 1.50 bits per heavy atom. The molecular weight excluding hydrogens is 286 g/mol. The number of nitro groups is 1. The highest BCUT2D eigenvalue weighted by molar-refractivity contribution is 7.89. The van der Waals surface area contributed by atoms with Gasteiger partial charge in [-0.15, -0.1) is 0 Å². The third kappa shape index (κ3) is 3.24. The molecule has 0 spiro atoms. The van der Waals surface area contributed by atoms with Gasteiger partial charge >= 0.3 is 0 Å². The molecule has 0 aromatic heterocycles. The highest BCUT2D eigenvalue weighted by Crippen LogP contribution is 2.29. The fourth-order valence-corrected chi connectivity index (χ4v) is 3.25. The number of sulfonamides is 1. The predicted molar refractivity (Wildman–Crippen MR) is 73.7 cm³/mol. The molecule has 0 fully saturated rings. The Hall–Kier alpha value is -1.71. The summed E-state index contributed by atoms with van der Waals surface area (Å²) in [6, 6.07) is 2.19. The average molecular weight is 303 g/mol. The lowest BCUT2D eigenvalue weighted by Gasteiger charge is -2.19. The van der Waals surface area contributed by atoms with Crippen molar-refractivity contribution >= 4 is 21.4 Å². The van der Waals surface area contributed by atoms with E-state index in [0.29, 0.717) is 5.56 Å². The Morgan fingerprint density at radius 3 is 2.50 bits per heavy atom. The molecule has 8 nitrogen and oxygen atoms in total. The first-order valence-corrected chi connectivity index (χ1v) is 7.20. The summed E-state index contributed by atoms with van der Waals surface area (Å²) in [6.07, 6.45) is -0.848. The molecule has 112 valence electrons. The van der Waals surface area contributed by atoms with Gasteiger partial charge in [-0.2, -0.15) is 4.31 Å². The number of hydrogen-bond acceptors (Lipinski definition) is 6. The minimum atomic E-state index is -3.92. The molecule has 0 heterocycles. The Kier molecular flexibility index (Phi) is 4.69. The summed E-state index contributed by atoms with van der Waals surface area (Å²) in [5, 5.41) is 20.1. The van der Waals surface area contributed by atoms with Crippen molar-refractivity contribution in [3.8, 4) is 0 Å². The van der Waals surface area contributed by atoms with Crippen molar-refractivity contribution in [3.63, 3.8) is 0 Å². The van der Waals surface area contributed by atoms with Crippen LogP contribution in [0.1, 0.15) is 12.5 Å². The van der Waals surface area contributed by atoms with Gasteiger partial charge in [-0.05, 0) is 25.5 Å². The molecule has 0 radical (unpaired) electrons. The number of nitrogens with zero attached hydrogens (tertiary/aromatic N) is 2. The lowest BCUT2D eigenvalue weighted by molar-refractivity contribution is -0.384. The summed E-state index contributed by atoms with van der Waals surface area (Å²) in [5.74, 6) is 0. The van der Waals surface area contributed by atoms with Gasteiger partial charge in [0.05, 0.1) is 15.9 Å². The van der Waals surface area contributed by atoms with Crippen LogP contribution in [0.2, 0.25) is 0 Å². The summed E-state index contributed by atoms with van der Waals surface area (Å²) >= 11 is 0. The maximum Gasteiger partial charge on any atom is 0.293 e. The van der Waals surface area contributed by atoms with Crippen molar-refractivity contribution in [2.24, 2.45) is 0 Å². The normalized spacial score (nSPS) is 13.4. The molecule has 20 heavy (non-hydrogen) atoms. The first kappa shape index (κ1) is 16.3. The van der Waals surface area contributed by atoms with E-state index in [4.69, 9.17) is 5.73 Å². The van der Waals surface area contributed by atoms with Gasteiger partial charge in [-0.1, -0.05) is 0 Å². The van der Waals surface area contributed by atoms with Crippen molar-refractivity contribution in [3.05, 3.63) is 27.8 Å². The second-order valence-corrected chi connectivity index (χ2v) is 6.58. The second-order valence-electron chi connectivity index (χ2n) is 4.57. The van der Waals surface area contributed by atoms with Crippen LogP contribution >= 0.6 is 0 Å². The Labute approximate surface area is 117 Å². The number of aliphatic hydroxyl groups excluding tert-OH is 1. The molecule has 1 atom stereocenters. The summed E-state index contributed by atoms with van der Waals surface area (Å²) in [5.41, 5.74) is 5.26.